The van der Waals surface area contributed by atoms with Crippen molar-refractivity contribution in [3.05, 3.63) is 42.0 Å². The van der Waals surface area contributed by atoms with E-state index in [1.54, 1.807) is 31.2 Å². The summed E-state index contributed by atoms with van der Waals surface area (Å²) in [6, 6.07) is 8.77. The van der Waals surface area contributed by atoms with Crippen LogP contribution in [0.1, 0.15) is 31.7 Å². The summed E-state index contributed by atoms with van der Waals surface area (Å²) in [6.45, 7) is 2.09. The molecular weight excluding hydrogens is 266 g/mol. The molecule has 0 heterocycles. The molecular formula is C17H19NO3. The van der Waals surface area contributed by atoms with Crippen LogP contribution in [0.4, 0.5) is 0 Å². The third-order valence-electron chi connectivity index (χ3n) is 3.45. The average Bonchev–Trinajstić information content (AvgIpc) is 2.53. The number of benzene rings is 1. The van der Waals surface area contributed by atoms with E-state index in [0.717, 1.165) is 19.3 Å². The molecule has 0 N–H and O–H groups in total. The van der Waals surface area contributed by atoms with Gasteiger partial charge in [-0.15, -0.1) is 0 Å². The highest BCUT2D eigenvalue weighted by Crippen LogP contribution is 2.19. The highest BCUT2D eigenvalue weighted by molar-refractivity contribution is 5.74. The highest BCUT2D eigenvalue weighted by Gasteiger charge is 2.19. The molecule has 2 rings (SSSR count). The van der Waals surface area contributed by atoms with Crippen LogP contribution in [0.25, 0.3) is 0 Å². The quantitative estimate of drug-likeness (QED) is 0.615. The molecule has 1 aromatic carbocycles. The Morgan fingerprint density at radius 1 is 1.48 bits per heavy atom. The van der Waals surface area contributed by atoms with Crippen LogP contribution in [0, 0.1) is 17.2 Å². The number of carbonyl (C=O) groups is 1. The molecule has 4 heteroatoms. The lowest BCUT2D eigenvalue weighted by Crippen LogP contribution is -2.28. The summed E-state index contributed by atoms with van der Waals surface area (Å²) in [5, 5.41) is 8.83. The molecule has 0 bridgehead atoms. The van der Waals surface area contributed by atoms with E-state index in [-0.39, 0.29) is 5.97 Å². The number of nitrogens with zero attached hydrogens (tertiary/aromatic N) is 1. The second-order valence-electron chi connectivity index (χ2n) is 5.18. The lowest BCUT2D eigenvalue weighted by Gasteiger charge is -2.19. The smallest absolute Gasteiger partial charge is 0.347 e. The molecule has 21 heavy (non-hydrogen) atoms. The van der Waals surface area contributed by atoms with Gasteiger partial charge in [-0.1, -0.05) is 18.2 Å². The van der Waals surface area contributed by atoms with Crippen LogP contribution >= 0.6 is 0 Å². The standard InChI is InChI=1S/C17H19NO3/c1-13(21-16-9-5-8-15(10-16)11-18)17(19)20-12-14-6-3-2-4-7-14/h2-3,5,8-10,13-14H,4,6-7,12H2,1H3. The van der Waals surface area contributed by atoms with Crippen molar-refractivity contribution in [2.45, 2.75) is 32.3 Å². The SMILES string of the molecule is CC(Oc1cccc(C#N)c1)C(=O)OCC1CC=CCC1. The predicted octanol–water partition coefficient (Wildman–Crippen LogP) is 3.23. The zero-order chi connectivity index (χ0) is 15.1. The lowest BCUT2D eigenvalue weighted by molar-refractivity contribution is -0.152. The Morgan fingerprint density at radius 3 is 3.05 bits per heavy atom. The summed E-state index contributed by atoms with van der Waals surface area (Å²) in [7, 11) is 0. The predicted molar refractivity (Wildman–Crippen MR) is 78.7 cm³/mol. The largest absolute Gasteiger partial charge is 0.479 e. The van der Waals surface area contributed by atoms with E-state index in [1.807, 2.05) is 6.07 Å². The topological polar surface area (TPSA) is 59.3 Å². The van der Waals surface area contributed by atoms with Crippen LogP contribution in [0.3, 0.4) is 0 Å². The molecule has 1 aromatic rings. The van der Waals surface area contributed by atoms with Gasteiger partial charge in [0.15, 0.2) is 6.10 Å². The van der Waals surface area contributed by atoms with E-state index in [1.165, 1.54) is 0 Å². The van der Waals surface area contributed by atoms with Crippen molar-refractivity contribution >= 4 is 5.97 Å². The van der Waals surface area contributed by atoms with E-state index >= 15 is 0 Å². The Hall–Kier alpha value is -2.28. The minimum atomic E-state index is -0.682. The molecule has 4 nitrogen and oxygen atoms in total. The molecule has 2 atom stereocenters. The van der Waals surface area contributed by atoms with Gasteiger partial charge in [0.1, 0.15) is 5.75 Å². The third-order valence-corrected chi connectivity index (χ3v) is 3.45. The molecule has 0 aliphatic heterocycles. The number of hydrogen-bond donors (Lipinski definition) is 0. The Balaban J connectivity index is 1.81. The zero-order valence-electron chi connectivity index (χ0n) is 12.1. The second kappa shape index (κ2) is 7.49. The number of ether oxygens (including phenoxy) is 2. The van der Waals surface area contributed by atoms with Gasteiger partial charge < -0.3 is 9.47 Å². The Kier molecular flexibility index (Phi) is 5.39. The maximum atomic E-state index is 11.9. The van der Waals surface area contributed by atoms with Gasteiger partial charge >= 0.3 is 5.97 Å². The van der Waals surface area contributed by atoms with E-state index in [9.17, 15) is 4.79 Å². The van der Waals surface area contributed by atoms with Gasteiger partial charge in [0.25, 0.3) is 0 Å². The first-order chi connectivity index (χ1) is 10.2. The first kappa shape index (κ1) is 15.1. The van der Waals surface area contributed by atoms with E-state index in [4.69, 9.17) is 14.7 Å². The minimum absolute atomic E-state index is 0.369. The summed E-state index contributed by atoms with van der Waals surface area (Å²) in [6.07, 6.45) is 6.69. The number of carbonyl (C=O) groups excluding carboxylic acids is 1. The van der Waals surface area contributed by atoms with Crippen molar-refractivity contribution in [2.24, 2.45) is 5.92 Å². The Labute approximate surface area is 125 Å². The summed E-state index contributed by atoms with van der Waals surface area (Å²) >= 11 is 0. The number of rotatable bonds is 5. The maximum Gasteiger partial charge on any atom is 0.347 e. The van der Waals surface area contributed by atoms with Crippen molar-refractivity contribution in [3.8, 4) is 11.8 Å². The normalized spacial score (nSPS) is 18.6. The van der Waals surface area contributed by atoms with Crippen molar-refractivity contribution in [2.75, 3.05) is 6.61 Å². The fraction of sp³-hybridized carbons (Fsp3) is 0.412. The molecule has 0 saturated carbocycles. The summed E-state index contributed by atoms with van der Waals surface area (Å²) < 4.78 is 10.8. The van der Waals surface area contributed by atoms with Crippen LogP contribution in [0.15, 0.2) is 36.4 Å². The Morgan fingerprint density at radius 2 is 2.33 bits per heavy atom. The van der Waals surface area contributed by atoms with E-state index < -0.39 is 6.10 Å². The van der Waals surface area contributed by atoms with Gasteiger partial charge in [0.2, 0.25) is 0 Å². The van der Waals surface area contributed by atoms with Crippen LogP contribution in [0.2, 0.25) is 0 Å². The third kappa shape index (κ3) is 4.64. The van der Waals surface area contributed by atoms with Crippen molar-refractivity contribution in [3.63, 3.8) is 0 Å². The van der Waals surface area contributed by atoms with Crippen molar-refractivity contribution in [1.29, 1.82) is 5.26 Å². The van der Waals surface area contributed by atoms with Gasteiger partial charge in [-0.3, -0.25) is 0 Å². The summed E-state index contributed by atoms with van der Waals surface area (Å²) in [4.78, 5) is 11.9. The molecule has 110 valence electrons. The van der Waals surface area contributed by atoms with Crippen LogP contribution in [0.5, 0.6) is 5.75 Å². The molecule has 0 radical (unpaired) electrons. The van der Waals surface area contributed by atoms with Crippen LogP contribution < -0.4 is 4.74 Å². The molecule has 0 aromatic heterocycles. The van der Waals surface area contributed by atoms with Crippen molar-refractivity contribution in [1.82, 2.24) is 0 Å². The van der Waals surface area contributed by atoms with E-state index in [2.05, 4.69) is 12.2 Å². The fourth-order valence-electron chi connectivity index (χ4n) is 2.22. The average molecular weight is 285 g/mol. The molecule has 2 unspecified atom stereocenters. The Bertz CT molecular complexity index is 559. The summed E-state index contributed by atoms with van der Waals surface area (Å²) in [5.41, 5.74) is 0.502. The van der Waals surface area contributed by atoms with Crippen LogP contribution in [-0.2, 0) is 9.53 Å². The van der Waals surface area contributed by atoms with Crippen molar-refractivity contribution < 1.29 is 14.3 Å². The first-order valence-electron chi connectivity index (χ1n) is 7.17. The van der Waals surface area contributed by atoms with Crippen LogP contribution in [-0.4, -0.2) is 18.7 Å². The monoisotopic (exact) mass is 285 g/mol. The lowest BCUT2D eigenvalue weighted by atomic mass is 9.95. The number of allylic oxidation sites excluding steroid dienone is 2. The zero-order valence-corrected chi connectivity index (χ0v) is 12.1. The fourth-order valence-corrected chi connectivity index (χ4v) is 2.22. The second-order valence-corrected chi connectivity index (χ2v) is 5.18. The van der Waals surface area contributed by atoms with Gasteiger partial charge in [-0.25, -0.2) is 4.79 Å². The summed E-state index contributed by atoms with van der Waals surface area (Å²) in [5.74, 6) is 0.541. The molecule has 0 amide bonds. The molecule has 0 saturated heterocycles. The first-order valence-corrected chi connectivity index (χ1v) is 7.17. The molecule has 1 aliphatic carbocycles. The van der Waals surface area contributed by atoms with Gasteiger partial charge in [-0.2, -0.15) is 5.26 Å². The number of nitriles is 1. The minimum Gasteiger partial charge on any atom is -0.479 e. The van der Waals surface area contributed by atoms with Gasteiger partial charge in [-0.05, 0) is 50.3 Å². The highest BCUT2D eigenvalue weighted by atomic mass is 16.6. The van der Waals surface area contributed by atoms with E-state index in [0.29, 0.717) is 23.8 Å². The molecule has 0 spiro atoms. The maximum absolute atomic E-state index is 11.9. The molecule has 1 aliphatic rings. The van der Waals surface area contributed by atoms with Gasteiger partial charge in [0, 0.05) is 0 Å². The number of hydrogen-bond acceptors (Lipinski definition) is 4. The molecule has 0 fully saturated rings. The number of esters is 1. The van der Waals surface area contributed by atoms with Gasteiger partial charge in [0.05, 0.1) is 18.2 Å².